The minimum Gasteiger partial charge on any atom is -0.507 e. The molecule has 0 fully saturated rings. The molecule has 0 aliphatic rings. The van der Waals surface area contributed by atoms with Gasteiger partial charge in [0.25, 0.3) is 0 Å². The number of thiophene rings is 1. The summed E-state index contributed by atoms with van der Waals surface area (Å²) in [6, 6.07) is 3.80. The minimum absolute atomic E-state index is 0.172. The van der Waals surface area contributed by atoms with Crippen LogP contribution in [0.25, 0.3) is 16.0 Å². The average Bonchev–Trinajstić information content (AvgIpc) is 3.07. The number of aromatic nitrogens is 3. The lowest BCUT2D eigenvalue weighted by Crippen LogP contribution is -2.40. The van der Waals surface area contributed by atoms with E-state index in [0.717, 1.165) is 26.6 Å². The van der Waals surface area contributed by atoms with Gasteiger partial charge in [0.1, 0.15) is 22.6 Å². The maximum Gasteiger partial charge on any atom is 0.192 e. The van der Waals surface area contributed by atoms with Crippen molar-refractivity contribution >= 4 is 30.7 Å². The van der Waals surface area contributed by atoms with E-state index in [1.54, 1.807) is 29.9 Å². The Morgan fingerprint density at radius 3 is 2.56 bits per heavy atom. The van der Waals surface area contributed by atoms with Crippen LogP contribution in [0.2, 0.25) is 18.1 Å². The van der Waals surface area contributed by atoms with Crippen molar-refractivity contribution in [2.24, 2.45) is 0 Å². The van der Waals surface area contributed by atoms with E-state index in [1.165, 1.54) is 0 Å². The number of imidazole rings is 1. The standard InChI is InChI=1S/C18H25N3O2SSi/c1-12-16(22)8-17(24-12)21-11-20-14-9-19-13(7-15(14)21)10-23-25(5,6)18(2,3)4/h7-9,11,22H,10H2,1-6H3. The molecule has 25 heavy (non-hydrogen) atoms. The highest BCUT2D eigenvalue weighted by Gasteiger charge is 2.37. The molecule has 3 rings (SSSR count). The lowest BCUT2D eigenvalue weighted by atomic mass is 10.2. The second-order valence-electron chi connectivity index (χ2n) is 7.85. The quantitative estimate of drug-likeness (QED) is 0.651. The summed E-state index contributed by atoms with van der Waals surface area (Å²) in [6.45, 7) is 13.6. The normalized spacial score (nSPS) is 12.9. The first-order valence-corrected chi connectivity index (χ1v) is 12.1. The van der Waals surface area contributed by atoms with Crippen molar-refractivity contribution in [3.8, 4) is 10.8 Å². The van der Waals surface area contributed by atoms with Crippen LogP contribution in [0, 0.1) is 6.92 Å². The third kappa shape index (κ3) is 3.49. The molecule has 3 aromatic rings. The Balaban J connectivity index is 1.91. The summed E-state index contributed by atoms with van der Waals surface area (Å²) in [5, 5.41) is 11.0. The van der Waals surface area contributed by atoms with E-state index in [1.807, 2.05) is 17.6 Å². The van der Waals surface area contributed by atoms with Crippen molar-refractivity contribution in [2.75, 3.05) is 0 Å². The van der Waals surface area contributed by atoms with Crippen molar-refractivity contribution in [1.82, 2.24) is 14.5 Å². The summed E-state index contributed by atoms with van der Waals surface area (Å²) in [6.07, 6.45) is 3.56. The molecule has 0 amide bonds. The van der Waals surface area contributed by atoms with Gasteiger partial charge < -0.3 is 9.53 Å². The molecule has 0 saturated carbocycles. The van der Waals surface area contributed by atoms with Crippen LogP contribution in [0.15, 0.2) is 24.7 Å². The predicted molar refractivity (Wildman–Crippen MR) is 105 cm³/mol. The molecule has 0 aliphatic carbocycles. The summed E-state index contributed by atoms with van der Waals surface area (Å²) in [5.74, 6) is 0.317. The zero-order valence-electron chi connectivity index (χ0n) is 15.6. The number of fused-ring (bicyclic) bond motifs is 1. The van der Waals surface area contributed by atoms with Gasteiger partial charge >= 0.3 is 0 Å². The van der Waals surface area contributed by atoms with Crippen molar-refractivity contribution in [3.63, 3.8) is 0 Å². The fourth-order valence-corrected chi connectivity index (χ4v) is 4.09. The Bertz CT molecular complexity index is 889. The summed E-state index contributed by atoms with van der Waals surface area (Å²) >= 11 is 1.54. The van der Waals surface area contributed by atoms with Crippen LogP contribution in [0.5, 0.6) is 5.75 Å². The Morgan fingerprint density at radius 1 is 1.24 bits per heavy atom. The van der Waals surface area contributed by atoms with Crippen LogP contribution < -0.4 is 0 Å². The average molecular weight is 376 g/mol. The van der Waals surface area contributed by atoms with E-state index in [9.17, 15) is 5.11 Å². The number of hydrogen-bond donors (Lipinski definition) is 1. The van der Waals surface area contributed by atoms with E-state index >= 15 is 0 Å². The molecule has 0 bridgehead atoms. The molecule has 0 radical (unpaired) electrons. The third-order valence-corrected chi connectivity index (χ3v) is 10.5. The topological polar surface area (TPSA) is 60.2 Å². The molecule has 5 nitrogen and oxygen atoms in total. The van der Waals surface area contributed by atoms with Gasteiger partial charge in [-0.25, -0.2) is 4.98 Å². The van der Waals surface area contributed by atoms with E-state index in [-0.39, 0.29) is 5.04 Å². The summed E-state index contributed by atoms with van der Waals surface area (Å²) in [4.78, 5) is 9.81. The molecule has 3 heterocycles. The van der Waals surface area contributed by atoms with Crippen molar-refractivity contribution < 1.29 is 9.53 Å². The monoisotopic (exact) mass is 375 g/mol. The maximum absolute atomic E-state index is 9.86. The fourth-order valence-electron chi connectivity index (χ4n) is 2.26. The van der Waals surface area contributed by atoms with Gasteiger partial charge in [-0.2, -0.15) is 0 Å². The first-order valence-electron chi connectivity index (χ1n) is 8.34. The largest absolute Gasteiger partial charge is 0.507 e. The van der Waals surface area contributed by atoms with E-state index in [4.69, 9.17) is 4.43 Å². The second-order valence-corrected chi connectivity index (χ2v) is 13.9. The Labute approximate surface area is 153 Å². The molecular formula is C18H25N3O2SSi. The molecule has 0 saturated heterocycles. The molecule has 0 unspecified atom stereocenters. The van der Waals surface area contributed by atoms with Crippen molar-refractivity contribution in [2.45, 2.75) is 52.4 Å². The smallest absolute Gasteiger partial charge is 0.192 e. The lowest BCUT2D eigenvalue weighted by Gasteiger charge is -2.36. The summed E-state index contributed by atoms with van der Waals surface area (Å²) in [5.41, 5.74) is 2.71. The van der Waals surface area contributed by atoms with Gasteiger partial charge in [-0.05, 0) is 31.1 Å². The summed E-state index contributed by atoms with van der Waals surface area (Å²) < 4.78 is 8.27. The predicted octanol–water partition coefficient (Wildman–Crippen LogP) is 5.02. The van der Waals surface area contributed by atoms with Crippen LogP contribution in [0.1, 0.15) is 31.3 Å². The van der Waals surface area contributed by atoms with Gasteiger partial charge in [0.05, 0.1) is 24.0 Å². The second kappa shape index (κ2) is 6.23. The van der Waals surface area contributed by atoms with E-state index in [2.05, 4.69) is 43.8 Å². The van der Waals surface area contributed by atoms with Crippen molar-refractivity contribution in [1.29, 1.82) is 0 Å². The number of rotatable bonds is 4. The van der Waals surface area contributed by atoms with Crippen LogP contribution in [-0.4, -0.2) is 28.0 Å². The first-order chi connectivity index (χ1) is 11.6. The van der Waals surface area contributed by atoms with Gasteiger partial charge in [-0.1, -0.05) is 20.8 Å². The van der Waals surface area contributed by atoms with Crippen molar-refractivity contribution in [3.05, 3.63) is 35.2 Å². The molecule has 134 valence electrons. The molecule has 0 spiro atoms. The number of aromatic hydroxyl groups is 1. The molecular weight excluding hydrogens is 350 g/mol. The van der Waals surface area contributed by atoms with E-state index in [0.29, 0.717) is 12.4 Å². The highest BCUT2D eigenvalue weighted by molar-refractivity contribution is 7.14. The van der Waals surface area contributed by atoms with E-state index < -0.39 is 8.32 Å². The molecule has 0 atom stereocenters. The Morgan fingerprint density at radius 2 is 1.96 bits per heavy atom. The van der Waals surface area contributed by atoms with Gasteiger partial charge in [0, 0.05) is 10.9 Å². The molecule has 0 aromatic carbocycles. The summed E-state index contributed by atoms with van der Waals surface area (Å²) in [7, 11) is -1.81. The van der Waals surface area contributed by atoms with Crippen LogP contribution in [0.4, 0.5) is 0 Å². The minimum atomic E-state index is -1.81. The zero-order chi connectivity index (χ0) is 18.4. The zero-order valence-corrected chi connectivity index (χ0v) is 17.4. The number of hydrogen-bond acceptors (Lipinski definition) is 5. The highest BCUT2D eigenvalue weighted by atomic mass is 32.1. The van der Waals surface area contributed by atoms with Gasteiger partial charge in [0.15, 0.2) is 8.32 Å². The number of aryl methyl sites for hydroxylation is 1. The van der Waals surface area contributed by atoms with Crippen LogP contribution in [0.3, 0.4) is 0 Å². The fraction of sp³-hybridized carbons (Fsp3) is 0.444. The molecule has 3 aromatic heterocycles. The van der Waals surface area contributed by atoms with Gasteiger partial charge in [-0.15, -0.1) is 11.3 Å². The van der Waals surface area contributed by atoms with Crippen LogP contribution in [-0.2, 0) is 11.0 Å². The third-order valence-electron chi connectivity index (χ3n) is 4.99. The Hall–Kier alpha value is -1.70. The molecule has 7 heteroatoms. The number of nitrogens with zero attached hydrogens (tertiary/aromatic N) is 3. The lowest BCUT2D eigenvalue weighted by molar-refractivity contribution is 0.272. The van der Waals surface area contributed by atoms with Crippen LogP contribution >= 0.6 is 11.3 Å². The maximum atomic E-state index is 9.86. The van der Waals surface area contributed by atoms with Gasteiger partial charge in [-0.3, -0.25) is 9.55 Å². The highest BCUT2D eigenvalue weighted by Crippen LogP contribution is 2.37. The first kappa shape index (κ1) is 18.1. The SMILES string of the molecule is Cc1sc(-n2cnc3cnc(CO[Si](C)(C)C(C)(C)C)cc32)cc1O. The Kier molecular flexibility index (Phi) is 4.51. The van der Waals surface area contributed by atoms with Gasteiger partial charge in [0.2, 0.25) is 0 Å². The molecule has 0 aliphatic heterocycles. The number of pyridine rings is 1. The molecule has 1 N–H and O–H groups in total.